The molecule has 1 rings (SSSR count). The third-order valence-electron chi connectivity index (χ3n) is 2.59. The number of rotatable bonds is 3. The van der Waals surface area contributed by atoms with E-state index in [0.717, 1.165) is 25.9 Å². The summed E-state index contributed by atoms with van der Waals surface area (Å²) >= 11 is 0. The minimum Gasteiger partial charge on any atom is -0.351 e. The van der Waals surface area contributed by atoms with Gasteiger partial charge in [-0.3, -0.25) is 15.0 Å². The number of amides is 3. The Morgan fingerprint density at radius 2 is 2.07 bits per heavy atom. The minimum atomic E-state index is -0.793. The van der Waals surface area contributed by atoms with Crippen LogP contribution in [0.2, 0.25) is 0 Å². The molecule has 0 bridgehead atoms. The summed E-state index contributed by atoms with van der Waals surface area (Å²) in [6, 6.07) is -0.386. The SMILES string of the molecule is CN(CC(=O)NC(N)=O)C1CCNCC1. The summed E-state index contributed by atoms with van der Waals surface area (Å²) in [6.07, 6.45) is 2.06. The van der Waals surface area contributed by atoms with Crippen molar-refractivity contribution in [3.63, 3.8) is 0 Å². The molecule has 6 nitrogen and oxygen atoms in total. The van der Waals surface area contributed by atoms with E-state index in [4.69, 9.17) is 5.73 Å². The summed E-state index contributed by atoms with van der Waals surface area (Å²) in [5.41, 5.74) is 4.85. The highest BCUT2D eigenvalue weighted by Gasteiger charge is 2.19. The van der Waals surface area contributed by atoms with E-state index in [9.17, 15) is 9.59 Å². The topological polar surface area (TPSA) is 87.5 Å². The van der Waals surface area contributed by atoms with Crippen LogP contribution in [-0.2, 0) is 4.79 Å². The molecule has 1 heterocycles. The maximum atomic E-state index is 11.2. The molecule has 86 valence electrons. The standard InChI is InChI=1S/C9H18N4O2/c1-13(6-8(14)12-9(10)15)7-2-4-11-5-3-7/h7,11H,2-6H2,1H3,(H3,10,12,14,15). The molecule has 0 aliphatic carbocycles. The predicted molar refractivity (Wildman–Crippen MR) is 56.2 cm³/mol. The van der Waals surface area contributed by atoms with Gasteiger partial charge in [0.1, 0.15) is 0 Å². The van der Waals surface area contributed by atoms with Crippen LogP contribution in [0.1, 0.15) is 12.8 Å². The van der Waals surface area contributed by atoms with E-state index < -0.39 is 6.03 Å². The normalized spacial score (nSPS) is 17.7. The fourth-order valence-corrected chi connectivity index (χ4v) is 1.78. The Bertz CT molecular complexity index is 238. The van der Waals surface area contributed by atoms with Crippen molar-refractivity contribution in [3.05, 3.63) is 0 Å². The predicted octanol–water partition coefficient (Wildman–Crippen LogP) is -1.13. The van der Waals surface area contributed by atoms with Crippen LogP contribution in [0.3, 0.4) is 0 Å². The minimum absolute atomic E-state index is 0.216. The number of nitrogens with two attached hydrogens (primary N) is 1. The van der Waals surface area contributed by atoms with Crippen LogP contribution in [0, 0.1) is 0 Å². The van der Waals surface area contributed by atoms with Crippen LogP contribution in [0.25, 0.3) is 0 Å². The Hall–Kier alpha value is -1.14. The van der Waals surface area contributed by atoms with E-state index in [1.807, 2.05) is 11.9 Å². The molecule has 0 unspecified atom stereocenters. The second-order valence-corrected chi connectivity index (χ2v) is 3.81. The summed E-state index contributed by atoms with van der Waals surface area (Å²) in [4.78, 5) is 23.6. The quantitative estimate of drug-likeness (QED) is 0.554. The number of hydrogen-bond donors (Lipinski definition) is 3. The van der Waals surface area contributed by atoms with Crippen LogP contribution in [-0.4, -0.2) is 49.6 Å². The first-order valence-electron chi connectivity index (χ1n) is 5.10. The lowest BCUT2D eigenvalue weighted by molar-refractivity contribution is -0.121. The zero-order valence-corrected chi connectivity index (χ0v) is 8.95. The first-order chi connectivity index (χ1) is 7.09. The molecule has 0 aromatic heterocycles. The molecule has 1 aliphatic heterocycles. The molecule has 1 fully saturated rings. The molecule has 3 amide bonds. The van der Waals surface area contributed by atoms with Crippen molar-refractivity contribution >= 4 is 11.9 Å². The van der Waals surface area contributed by atoms with Gasteiger partial charge >= 0.3 is 6.03 Å². The molecule has 0 radical (unpaired) electrons. The van der Waals surface area contributed by atoms with E-state index in [2.05, 4.69) is 10.6 Å². The number of nitrogens with zero attached hydrogens (tertiary/aromatic N) is 1. The maximum Gasteiger partial charge on any atom is 0.318 e. The van der Waals surface area contributed by atoms with Gasteiger partial charge in [-0.25, -0.2) is 4.79 Å². The van der Waals surface area contributed by atoms with Crippen molar-refractivity contribution in [2.24, 2.45) is 5.73 Å². The van der Waals surface area contributed by atoms with Crippen LogP contribution in [0.4, 0.5) is 4.79 Å². The summed E-state index contributed by atoms with van der Waals surface area (Å²) in [5.74, 6) is -0.344. The number of urea groups is 1. The lowest BCUT2D eigenvalue weighted by Crippen LogP contribution is -2.47. The largest absolute Gasteiger partial charge is 0.351 e. The average Bonchev–Trinajstić information content (AvgIpc) is 2.17. The van der Waals surface area contributed by atoms with E-state index in [0.29, 0.717) is 6.04 Å². The fraction of sp³-hybridized carbons (Fsp3) is 0.778. The Balaban J connectivity index is 2.30. The smallest absolute Gasteiger partial charge is 0.318 e. The highest BCUT2D eigenvalue weighted by molar-refractivity contribution is 5.94. The van der Waals surface area contributed by atoms with Gasteiger partial charge in [-0.2, -0.15) is 0 Å². The monoisotopic (exact) mass is 214 g/mol. The number of primary amides is 1. The van der Waals surface area contributed by atoms with Gasteiger partial charge in [-0.1, -0.05) is 0 Å². The van der Waals surface area contributed by atoms with E-state index in [1.54, 1.807) is 0 Å². The third-order valence-corrected chi connectivity index (χ3v) is 2.59. The molecule has 0 saturated carbocycles. The fourth-order valence-electron chi connectivity index (χ4n) is 1.78. The highest BCUT2D eigenvalue weighted by atomic mass is 16.2. The van der Waals surface area contributed by atoms with Gasteiger partial charge in [0.05, 0.1) is 6.54 Å². The van der Waals surface area contributed by atoms with Gasteiger partial charge in [0.25, 0.3) is 0 Å². The zero-order chi connectivity index (χ0) is 11.3. The number of hydrogen-bond acceptors (Lipinski definition) is 4. The van der Waals surface area contributed by atoms with Crippen molar-refractivity contribution in [3.8, 4) is 0 Å². The number of imide groups is 1. The molecule has 6 heteroatoms. The lowest BCUT2D eigenvalue weighted by Gasteiger charge is -2.30. The molecule has 15 heavy (non-hydrogen) atoms. The number of carbonyl (C=O) groups is 2. The van der Waals surface area contributed by atoms with Gasteiger partial charge in [-0.15, -0.1) is 0 Å². The maximum absolute atomic E-state index is 11.2. The summed E-state index contributed by atoms with van der Waals surface area (Å²) < 4.78 is 0. The number of likely N-dealkylation sites (N-methyl/N-ethyl adjacent to an activating group) is 1. The van der Waals surface area contributed by atoms with E-state index >= 15 is 0 Å². The zero-order valence-electron chi connectivity index (χ0n) is 8.95. The molecule has 4 N–H and O–H groups in total. The Kier molecular flexibility index (Phi) is 4.51. The summed E-state index contributed by atoms with van der Waals surface area (Å²) in [6.45, 7) is 2.17. The third kappa shape index (κ3) is 4.26. The molecule has 0 aromatic carbocycles. The van der Waals surface area contributed by atoms with Gasteiger partial charge in [0.2, 0.25) is 5.91 Å². The number of piperidine rings is 1. The second-order valence-electron chi connectivity index (χ2n) is 3.81. The van der Waals surface area contributed by atoms with Crippen molar-refractivity contribution < 1.29 is 9.59 Å². The van der Waals surface area contributed by atoms with Crippen molar-refractivity contribution in [2.75, 3.05) is 26.7 Å². The summed E-state index contributed by atoms with van der Waals surface area (Å²) in [5, 5.41) is 5.31. The second kappa shape index (κ2) is 5.67. The number of carbonyl (C=O) groups excluding carboxylic acids is 2. The van der Waals surface area contributed by atoms with Crippen LogP contribution >= 0.6 is 0 Å². The molecule has 0 atom stereocenters. The van der Waals surface area contributed by atoms with E-state index in [-0.39, 0.29) is 12.5 Å². The molecular weight excluding hydrogens is 196 g/mol. The van der Waals surface area contributed by atoms with E-state index in [1.165, 1.54) is 0 Å². The molecule has 1 aliphatic rings. The average molecular weight is 214 g/mol. The van der Waals surface area contributed by atoms with Crippen molar-refractivity contribution in [1.29, 1.82) is 0 Å². The van der Waals surface area contributed by atoms with Gasteiger partial charge in [0.15, 0.2) is 0 Å². The molecular formula is C9H18N4O2. The van der Waals surface area contributed by atoms with Crippen LogP contribution in [0.5, 0.6) is 0 Å². The first kappa shape index (κ1) is 11.9. The molecule has 1 saturated heterocycles. The van der Waals surface area contributed by atoms with Crippen LogP contribution < -0.4 is 16.4 Å². The highest BCUT2D eigenvalue weighted by Crippen LogP contribution is 2.08. The van der Waals surface area contributed by atoms with Crippen molar-refractivity contribution in [1.82, 2.24) is 15.5 Å². The molecule has 0 spiro atoms. The first-order valence-corrected chi connectivity index (χ1v) is 5.10. The van der Waals surface area contributed by atoms with Gasteiger partial charge < -0.3 is 11.1 Å². The Morgan fingerprint density at radius 3 is 2.60 bits per heavy atom. The summed E-state index contributed by atoms with van der Waals surface area (Å²) in [7, 11) is 1.89. The van der Waals surface area contributed by atoms with Crippen molar-refractivity contribution in [2.45, 2.75) is 18.9 Å². The Labute approximate surface area is 89.2 Å². The Morgan fingerprint density at radius 1 is 1.47 bits per heavy atom. The van der Waals surface area contributed by atoms with Gasteiger partial charge in [0, 0.05) is 6.04 Å². The van der Waals surface area contributed by atoms with Gasteiger partial charge in [-0.05, 0) is 33.0 Å². The van der Waals surface area contributed by atoms with Crippen LogP contribution in [0.15, 0.2) is 0 Å². The number of nitrogens with one attached hydrogen (secondary N) is 2. The lowest BCUT2D eigenvalue weighted by atomic mass is 10.1. The molecule has 0 aromatic rings.